The van der Waals surface area contributed by atoms with Crippen LogP contribution >= 0.6 is 0 Å². The molecule has 18 heavy (non-hydrogen) atoms. The van der Waals surface area contributed by atoms with E-state index in [1.165, 1.54) is 0 Å². The summed E-state index contributed by atoms with van der Waals surface area (Å²) in [6.45, 7) is 11.4. The summed E-state index contributed by atoms with van der Waals surface area (Å²) >= 11 is 0. The van der Waals surface area contributed by atoms with Crippen LogP contribution in [-0.2, 0) is 9.53 Å². The number of nitrogens with one attached hydrogen (secondary N) is 2. The number of rotatable bonds is 7. The summed E-state index contributed by atoms with van der Waals surface area (Å²) in [7, 11) is 0. The zero-order valence-electron chi connectivity index (χ0n) is 11.9. The predicted octanol–water partition coefficient (Wildman–Crippen LogP) is 0.211. The molecule has 1 unspecified atom stereocenters. The highest BCUT2D eigenvalue weighted by atomic mass is 16.5. The SMILES string of the molecule is CCN1CCOC(CNC(=O)CCNC(C)C)C1. The van der Waals surface area contributed by atoms with Crippen LogP contribution in [-0.4, -0.2) is 62.3 Å². The number of nitrogens with zero attached hydrogens (tertiary/aromatic N) is 1. The van der Waals surface area contributed by atoms with Crippen LogP contribution in [0.25, 0.3) is 0 Å². The van der Waals surface area contributed by atoms with E-state index in [0.717, 1.165) is 32.8 Å². The average molecular weight is 257 g/mol. The summed E-state index contributed by atoms with van der Waals surface area (Å²) in [6.07, 6.45) is 0.670. The minimum atomic E-state index is 0.0976. The second-order valence-corrected chi connectivity index (χ2v) is 5.05. The molecule has 1 amide bonds. The molecule has 0 aromatic carbocycles. The average Bonchev–Trinajstić information content (AvgIpc) is 2.36. The van der Waals surface area contributed by atoms with Crippen LogP contribution in [0, 0.1) is 0 Å². The Kier molecular flexibility index (Phi) is 7.23. The first kappa shape index (κ1) is 15.4. The molecule has 0 bridgehead atoms. The Hall–Kier alpha value is -0.650. The molecule has 1 aliphatic heterocycles. The lowest BCUT2D eigenvalue weighted by molar-refractivity contribution is -0.122. The van der Waals surface area contributed by atoms with E-state index < -0.39 is 0 Å². The van der Waals surface area contributed by atoms with Gasteiger partial charge in [0.25, 0.3) is 0 Å². The summed E-state index contributed by atoms with van der Waals surface area (Å²) < 4.78 is 5.63. The Bertz CT molecular complexity index is 246. The fourth-order valence-corrected chi connectivity index (χ4v) is 1.98. The van der Waals surface area contributed by atoms with Gasteiger partial charge in [0.15, 0.2) is 0 Å². The molecule has 1 rings (SSSR count). The van der Waals surface area contributed by atoms with Crippen molar-refractivity contribution in [3.63, 3.8) is 0 Å². The van der Waals surface area contributed by atoms with E-state index in [9.17, 15) is 4.79 Å². The van der Waals surface area contributed by atoms with E-state index in [1.54, 1.807) is 0 Å². The second kappa shape index (κ2) is 8.45. The van der Waals surface area contributed by atoms with E-state index >= 15 is 0 Å². The van der Waals surface area contributed by atoms with E-state index in [1.807, 2.05) is 0 Å². The van der Waals surface area contributed by atoms with Gasteiger partial charge in [-0.3, -0.25) is 9.69 Å². The zero-order chi connectivity index (χ0) is 13.4. The minimum Gasteiger partial charge on any atom is -0.374 e. The Balaban J connectivity index is 2.10. The molecular formula is C13H27N3O2. The quantitative estimate of drug-likeness (QED) is 0.685. The third-order valence-electron chi connectivity index (χ3n) is 3.10. The molecular weight excluding hydrogens is 230 g/mol. The summed E-state index contributed by atoms with van der Waals surface area (Å²) in [4.78, 5) is 13.9. The van der Waals surface area contributed by atoms with Crippen molar-refractivity contribution in [3.05, 3.63) is 0 Å². The number of hydrogen-bond donors (Lipinski definition) is 2. The van der Waals surface area contributed by atoms with Gasteiger partial charge in [0.2, 0.25) is 5.91 Å². The van der Waals surface area contributed by atoms with Gasteiger partial charge < -0.3 is 15.4 Å². The zero-order valence-corrected chi connectivity index (χ0v) is 11.9. The molecule has 5 heteroatoms. The normalized spacial score (nSPS) is 21.2. The maximum absolute atomic E-state index is 11.6. The smallest absolute Gasteiger partial charge is 0.221 e. The number of carbonyl (C=O) groups is 1. The van der Waals surface area contributed by atoms with Gasteiger partial charge in [-0.1, -0.05) is 20.8 Å². The van der Waals surface area contributed by atoms with Crippen LogP contribution in [0.1, 0.15) is 27.2 Å². The molecule has 0 aliphatic carbocycles. The summed E-state index contributed by atoms with van der Waals surface area (Å²) in [6, 6.07) is 0.428. The van der Waals surface area contributed by atoms with Crippen molar-refractivity contribution in [3.8, 4) is 0 Å². The lowest BCUT2D eigenvalue weighted by Crippen LogP contribution is -2.47. The lowest BCUT2D eigenvalue weighted by atomic mass is 10.2. The number of morpholine rings is 1. The first-order valence-corrected chi connectivity index (χ1v) is 6.95. The van der Waals surface area contributed by atoms with Gasteiger partial charge in [0, 0.05) is 38.6 Å². The molecule has 0 aromatic heterocycles. The number of likely N-dealkylation sites (N-methyl/N-ethyl adjacent to an activating group) is 1. The van der Waals surface area contributed by atoms with Crippen LogP contribution in [0.3, 0.4) is 0 Å². The first-order chi connectivity index (χ1) is 8.61. The van der Waals surface area contributed by atoms with Gasteiger partial charge in [-0.25, -0.2) is 0 Å². The second-order valence-electron chi connectivity index (χ2n) is 5.05. The van der Waals surface area contributed by atoms with Crippen LogP contribution in [0.5, 0.6) is 0 Å². The minimum absolute atomic E-state index is 0.0976. The molecule has 0 radical (unpaired) electrons. The Morgan fingerprint density at radius 3 is 2.94 bits per heavy atom. The van der Waals surface area contributed by atoms with E-state index in [4.69, 9.17) is 4.74 Å². The third-order valence-corrected chi connectivity index (χ3v) is 3.10. The number of amides is 1. The van der Waals surface area contributed by atoms with Gasteiger partial charge in [0.1, 0.15) is 0 Å². The van der Waals surface area contributed by atoms with Crippen molar-refractivity contribution in [2.75, 3.05) is 39.3 Å². The van der Waals surface area contributed by atoms with Gasteiger partial charge in [0.05, 0.1) is 12.7 Å². The monoisotopic (exact) mass is 257 g/mol. The third kappa shape index (κ3) is 6.33. The maximum Gasteiger partial charge on any atom is 0.221 e. The fourth-order valence-electron chi connectivity index (χ4n) is 1.98. The highest BCUT2D eigenvalue weighted by Gasteiger charge is 2.19. The van der Waals surface area contributed by atoms with Gasteiger partial charge >= 0.3 is 0 Å². The van der Waals surface area contributed by atoms with Crippen molar-refractivity contribution < 1.29 is 9.53 Å². The Morgan fingerprint density at radius 1 is 1.50 bits per heavy atom. The highest BCUT2D eigenvalue weighted by Crippen LogP contribution is 2.03. The van der Waals surface area contributed by atoms with Crippen LogP contribution in [0.15, 0.2) is 0 Å². The lowest BCUT2D eigenvalue weighted by Gasteiger charge is -2.32. The number of carbonyl (C=O) groups excluding carboxylic acids is 1. The van der Waals surface area contributed by atoms with Gasteiger partial charge in [-0.05, 0) is 6.54 Å². The molecule has 106 valence electrons. The molecule has 5 nitrogen and oxygen atoms in total. The molecule has 1 aliphatic rings. The van der Waals surface area contributed by atoms with Crippen molar-refractivity contribution in [1.29, 1.82) is 0 Å². The molecule has 2 N–H and O–H groups in total. The fraction of sp³-hybridized carbons (Fsp3) is 0.923. The van der Waals surface area contributed by atoms with E-state index in [2.05, 4.69) is 36.3 Å². The van der Waals surface area contributed by atoms with Gasteiger partial charge in [-0.2, -0.15) is 0 Å². The standard InChI is InChI=1S/C13H27N3O2/c1-4-16-7-8-18-12(10-16)9-15-13(17)5-6-14-11(2)3/h11-12,14H,4-10H2,1-3H3,(H,15,17). The highest BCUT2D eigenvalue weighted by molar-refractivity contribution is 5.76. The van der Waals surface area contributed by atoms with Crippen LogP contribution in [0.2, 0.25) is 0 Å². The molecule has 1 fully saturated rings. The molecule has 0 saturated carbocycles. The maximum atomic E-state index is 11.6. The van der Waals surface area contributed by atoms with E-state index in [0.29, 0.717) is 19.0 Å². The first-order valence-electron chi connectivity index (χ1n) is 6.95. The molecule has 1 heterocycles. The van der Waals surface area contributed by atoms with Crippen molar-refractivity contribution in [2.45, 2.75) is 39.3 Å². The van der Waals surface area contributed by atoms with Crippen molar-refractivity contribution in [2.24, 2.45) is 0 Å². The summed E-state index contributed by atoms with van der Waals surface area (Å²) in [5.41, 5.74) is 0. The Morgan fingerprint density at radius 2 is 2.28 bits per heavy atom. The number of ether oxygens (including phenoxy) is 1. The van der Waals surface area contributed by atoms with Crippen LogP contribution in [0.4, 0.5) is 0 Å². The molecule has 0 aromatic rings. The topological polar surface area (TPSA) is 53.6 Å². The summed E-state index contributed by atoms with van der Waals surface area (Å²) in [5.74, 6) is 0.0976. The molecule has 1 saturated heterocycles. The largest absolute Gasteiger partial charge is 0.374 e. The van der Waals surface area contributed by atoms with Crippen LogP contribution < -0.4 is 10.6 Å². The van der Waals surface area contributed by atoms with Crippen molar-refractivity contribution in [1.82, 2.24) is 15.5 Å². The number of hydrogen-bond acceptors (Lipinski definition) is 4. The van der Waals surface area contributed by atoms with E-state index in [-0.39, 0.29) is 12.0 Å². The molecule has 1 atom stereocenters. The Labute approximate surface area is 110 Å². The van der Waals surface area contributed by atoms with Crippen molar-refractivity contribution >= 4 is 5.91 Å². The summed E-state index contributed by atoms with van der Waals surface area (Å²) in [5, 5.41) is 6.17. The molecule has 0 spiro atoms. The predicted molar refractivity (Wildman–Crippen MR) is 72.6 cm³/mol. The van der Waals surface area contributed by atoms with Gasteiger partial charge in [-0.15, -0.1) is 0 Å².